The Hall–Kier alpha value is -1.01. The number of amides is 1. The number of hydrogen-bond donors (Lipinski definition) is 2. The van der Waals surface area contributed by atoms with E-state index in [-0.39, 0.29) is 5.91 Å². The minimum atomic E-state index is -0.481. The number of carbonyl (C=O) groups is 1. The highest BCUT2D eigenvalue weighted by molar-refractivity contribution is 7.99. The molecule has 0 aromatic carbocycles. The molecule has 1 fully saturated rings. The predicted octanol–water partition coefficient (Wildman–Crippen LogP) is 1.93. The second-order valence-electron chi connectivity index (χ2n) is 5.84. The molecule has 2 atom stereocenters. The number of hydrogen-bond acceptors (Lipinski definition) is 4. The van der Waals surface area contributed by atoms with Crippen LogP contribution in [0.15, 0.2) is 17.3 Å². The summed E-state index contributed by atoms with van der Waals surface area (Å²) < 4.78 is 1.81. The fourth-order valence-corrected chi connectivity index (χ4v) is 4.24. The van der Waals surface area contributed by atoms with Crippen LogP contribution >= 0.6 is 11.8 Å². The third kappa shape index (κ3) is 3.80. The lowest BCUT2D eigenvalue weighted by molar-refractivity contribution is -0.126. The Morgan fingerprint density at radius 3 is 3.10 bits per heavy atom. The van der Waals surface area contributed by atoms with E-state index in [0.29, 0.717) is 5.92 Å². The molecule has 0 saturated heterocycles. The molecule has 1 aliphatic carbocycles. The lowest BCUT2D eigenvalue weighted by Gasteiger charge is -2.33. The minimum Gasteiger partial charge on any atom is -0.368 e. The van der Waals surface area contributed by atoms with E-state index in [1.807, 2.05) is 24.1 Å². The molecule has 1 amide bonds. The molecular weight excluding hydrogens is 284 g/mol. The van der Waals surface area contributed by atoms with E-state index in [4.69, 9.17) is 5.73 Å². The molecule has 1 aromatic rings. The first-order valence-electron chi connectivity index (χ1n) is 7.75. The predicted molar refractivity (Wildman–Crippen MR) is 86.1 cm³/mol. The summed E-state index contributed by atoms with van der Waals surface area (Å²) in [6.45, 7) is 2.97. The number of nitrogens with one attached hydrogen (secondary N) is 1. The molecule has 0 bridgehead atoms. The summed E-state index contributed by atoms with van der Waals surface area (Å²) in [5, 5.41) is 7.62. The highest BCUT2D eigenvalue weighted by Crippen LogP contribution is 2.39. The number of rotatable bonds is 8. The van der Waals surface area contributed by atoms with Gasteiger partial charge in [0.1, 0.15) is 5.54 Å². The van der Waals surface area contributed by atoms with Gasteiger partial charge in [-0.25, -0.2) is 0 Å². The van der Waals surface area contributed by atoms with Gasteiger partial charge in [-0.2, -0.15) is 5.10 Å². The molecule has 6 heteroatoms. The standard InChI is InChI=1S/C15H26N4OS/c1-3-8-17-15(14(16)20)7-4-5-12(15)6-9-21-13-10-18-19(2)11-13/h10-12,17H,3-9H2,1-2H3,(H2,16,20). The molecule has 2 unspecified atom stereocenters. The van der Waals surface area contributed by atoms with Crippen LogP contribution in [0, 0.1) is 5.92 Å². The van der Waals surface area contributed by atoms with E-state index in [1.54, 1.807) is 11.8 Å². The Balaban J connectivity index is 1.91. The van der Waals surface area contributed by atoms with Gasteiger partial charge < -0.3 is 11.1 Å². The maximum Gasteiger partial charge on any atom is 0.238 e. The van der Waals surface area contributed by atoms with Crippen molar-refractivity contribution in [3.63, 3.8) is 0 Å². The number of nitrogens with two attached hydrogens (primary N) is 1. The number of carbonyl (C=O) groups excluding carboxylic acids is 1. The van der Waals surface area contributed by atoms with Crippen LogP contribution in [0.2, 0.25) is 0 Å². The average Bonchev–Trinajstić information content (AvgIpc) is 3.04. The van der Waals surface area contributed by atoms with Crippen LogP contribution < -0.4 is 11.1 Å². The van der Waals surface area contributed by atoms with Crippen molar-refractivity contribution in [2.75, 3.05) is 12.3 Å². The molecule has 5 nitrogen and oxygen atoms in total. The molecular formula is C15H26N4OS. The van der Waals surface area contributed by atoms with Gasteiger partial charge >= 0.3 is 0 Å². The Morgan fingerprint density at radius 1 is 1.67 bits per heavy atom. The van der Waals surface area contributed by atoms with Crippen molar-refractivity contribution in [1.82, 2.24) is 15.1 Å². The zero-order chi connectivity index (χ0) is 15.3. The molecule has 0 spiro atoms. The molecule has 1 aromatic heterocycles. The van der Waals surface area contributed by atoms with Crippen LogP contribution in [-0.2, 0) is 11.8 Å². The molecule has 1 heterocycles. The van der Waals surface area contributed by atoms with Gasteiger partial charge in [-0.3, -0.25) is 9.48 Å². The van der Waals surface area contributed by atoms with Gasteiger partial charge in [-0.1, -0.05) is 13.3 Å². The zero-order valence-corrected chi connectivity index (χ0v) is 13.8. The van der Waals surface area contributed by atoms with Crippen molar-refractivity contribution < 1.29 is 4.79 Å². The van der Waals surface area contributed by atoms with E-state index in [0.717, 1.165) is 44.4 Å². The second-order valence-corrected chi connectivity index (χ2v) is 7.01. The zero-order valence-electron chi connectivity index (χ0n) is 13.0. The van der Waals surface area contributed by atoms with Crippen LogP contribution in [0.25, 0.3) is 0 Å². The lowest BCUT2D eigenvalue weighted by atomic mass is 9.84. The number of nitrogens with zero attached hydrogens (tertiary/aromatic N) is 2. The fourth-order valence-electron chi connectivity index (χ4n) is 3.25. The molecule has 3 N–H and O–H groups in total. The topological polar surface area (TPSA) is 72.9 Å². The Labute approximate surface area is 131 Å². The maximum absolute atomic E-state index is 12.0. The van der Waals surface area contributed by atoms with Crippen molar-refractivity contribution in [3.05, 3.63) is 12.4 Å². The number of aromatic nitrogens is 2. The lowest BCUT2D eigenvalue weighted by Crippen LogP contribution is -2.58. The number of thioether (sulfide) groups is 1. The van der Waals surface area contributed by atoms with Gasteiger partial charge in [0.15, 0.2) is 0 Å². The third-order valence-electron chi connectivity index (χ3n) is 4.37. The fraction of sp³-hybridized carbons (Fsp3) is 0.733. The smallest absolute Gasteiger partial charge is 0.238 e. The van der Waals surface area contributed by atoms with Crippen molar-refractivity contribution in [2.45, 2.75) is 49.5 Å². The Bertz CT molecular complexity index is 476. The summed E-state index contributed by atoms with van der Waals surface area (Å²) in [6.07, 6.45) is 9.00. The van der Waals surface area contributed by atoms with Crippen LogP contribution in [-0.4, -0.2) is 33.5 Å². The summed E-state index contributed by atoms with van der Waals surface area (Å²) in [7, 11) is 1.92. The largest absolute Gasteiger partial charge is 0.368 e. The maximum atomic E-state index is 12.0. The first-order chi connectivity index (χ1) is 10.1. The minimum absolute atomic E-state index is 0.176. The first-order valence-corrected chi connectivity index (χ1v) is 8.73. The Kier molecular flexibility index (Phi) is 5.70. The Morgan fingerprint density at radius 2 is 2.48 bits per heavy atom. The molecule has 0 radical (unpaired) electrons. The molecule has 1 aliphatic rings. The monoisotopic (exact) mass is 310 g/mol. The SMILES string of the molecule is CCCNC1(C(N)=O)CCCC1CCSc1cnn(C)c1. The first kappa shape index (κ1) is 16.4. The van der Waals surface area contributed by atoms with Crippen LogP contribution in [0.4, 0.5) is 0 Å². The van der Waals surface area contributed by atoms with E-state index in [2.05, 4.69) is 17.3 Å². The van der Waals surface area contributed by atoms with Gasteiger partial charge in [0, 0.05) is 18.1 Å². The molecule has 118 valence electrons. The van der Waals surface area contributed by atoms with Crippen molar-refractivity contribution in [3.8, 4) is 0 Å². The van der Waals surface area contributed by atoms with E-state index < -0.39 is 5.54 Å². The van der Waals surface area contributed by atoms with E-state index in [9.17, 15) is 4.79 Å². The van der Waals surface area contributed by atoms with E-state index in [1.165, 1.54) is 4.90 Å². The van der Waals surface area contributed by atoms with Crippen molar-refractivity contribution in [1.29, 1.82) is 0 Å². The van der Waals surface area contributed by atoms with Gasteiger partial charge in [0.05, 0.1) is 6.20 Å². The summed E-state index contributed by atoms with van der Waals surface area (Å²) in [5.41, 5.74) is 5.25. The van der Waals surface area contributed by atoms with Crippen LogP contribution in [0.3, 0.4) is 0 Å². The quantitative estimate of drug-likeness (QED) is 0.720. The summed E-state index contributed by atoms with van der Waals surface area (Å²) in [4.78, 5) is 13.2. The molecule has 21 heavy (non-hydrogen) atoms. The van der Waals surface area contributed by atoms with Gasteiger partial charge in [0.25, 0.3) is 0 Å². The summed E-state index contributed by atoms with van der Waals surface area (Å²) >= 11 is 1.80. The van der Waals surface area contributed by atoms with Crippen molar-refractivity contribution in [2.24, 2.45) is 18.7 Å². The summed E-state index contributed by atoms with van der Waals surface area (Å²) in [5.74, 6) is 1.18. The molecule has 2 rings (SSSR count). The van der Waals surface area contributed by atoms with Crippen LogP contribution in [0.5, 0.6) is 0 Å². The number of aryl methyl sites for hydroxylation is 1. The average molecular weight is 310 g/mol. The second kappa shape index (κ2) is 7.31. The normalized spacial score (nSPS) is 25.3. The molecule has 0 aliphatic heterocycles. The van der Waals surface area contributed by atoms with E-state index >= 15 is 0 Å². The van der Waals surface area contributed by atoms with Crippen molar-refractivity contribution >= 4 is 17.7 Å². The third-order valence-corrected chi connectivity index (χ3v) is 5.35. The van der Waals surface area contributed by atoms with Gasteiger partial charge in [0.2, 0.25) is 5.91 Å². The van der Waals surface area contributed by atoms with Crippen LogP contribution in [0.1, 0.15) is 39.0 Å². The van der Waals surface area contributed by atoms with Gasteiger partial charge in [-0.05, 0) is 43.9 Å². The highest BCUT2D eigenvalue weighted by atomic mass is 32.2. The molecule has 1 saturated carbocycles. The van der Waals surface area contributed by atoms with Gasteiger partial charge in [-0.15, -0.1) is 11.8 Å². The highest BCUT2D eigenvalue weighted by Gasteiger charge is 2.46. The number of primary amides is 1. The summed E-state index contributed by atoms with van der Waals surface area (Å²) in [6, 6.07) is 0.